The third-order valence-electron chi connectivity index (χ3n) is 7.07. The number of carbonyl (C=O) groups is 1. The number of aromatic nitrogens is 1. The first-order valence-corrected chi connectivity index (χ1v) is 16.2. The first-order valence-electron chi connectivity index (χ1n) is 12.4. The second-order valence-corrected chi connectivity index (χ2v) is 13.9. The summed E-state index contributed by atoms with van der Waals surface area (Å²) in [7, 11) is -9.64. The van der Waals surface area contributed by atoms with Gasteiger partial charge in [-0.1, -0.05) is 37.0 Å². The summed E-state index contributed by atoms with van der Waals surface area (Å²) >= 11 is 12.2. The molecule has 4 rings (SSSR count). The van der Waals surface area contributed by atoms with Gasteiger partial charge in [-0.05, 0) is 55.3 Å². The lowest BCUT2D eigenvalue weighted by molar-refractivity contribution is 0.0350. The molecule has 212 valence electrons. The Morgan fingerprint density at radius 1 is 1.05 bits per heavy atom. The van der Waals surface area contributed by atoms with Crippen LogP contribution >= 0.6 is 30.8 Å². The predicted octanol–water partition coefficient (Wildman–Crippen LogP) is 4.81. The minimum atomic E-state index is -5.05. The summed E-state index contributed by atoms with van der Waals surface area (Å²) in [5.41, 5.74) is 0.568. The van der Waals surface area contributed by atoms with Crippen molar-refractivity contribution in [2.75, 3.05) is 37.2 Å². The van der Waals surface area contributed by atoms with Crippen molar-refractivity contribution in [2.45, 2.75) is 36.9 Å². The van der Waals surface area contributed by atoms with Gasteiger partial charge in [-0.15, -0.1) is 0 Å². The quantitative estimate of drug-likeness (QED) is 0.327. The van der Waals surface area contributed by atoms with E-state index in [0.29, 0.717) is 37.2 Å². The van der Waals surface area contributed by atoms with Crippen LogP contribution in [-0.4, -0.2) is 71.7 Å². The number of hydrogen-bond donors (Lipinski definition) is 2. The minimum Gasteiger partial charge on any atom is -0.379 e. The molecule has 2 aromatic carbocycles. The van der Waals surface area contributed by atoms with Gasteiger partial charge in [0.2, 0.25) is 5.91 Å². The van der Waals surface area contributed by atoms with Gasteiger partial charge in [-0.2, -0.15) is 0 Å². The lowest BCUT2D eigenvalue weighted by atomic mass is 10.1. The number of hydrogen-bond acceptors (Lipinski definition) is 6. The lowest BCUT2D eigenvalue weighted by Crippen LogP contribution is -2.51. The number of anilines is 1. The zero-order chi connectivity index (χ0) is 28.6. The second-order valence-electron chi connectivity index (χ2n) is 9.32. The fraction of sp³-hybridized carbons (Fsp3) is 0.400. The molecule has 10 nitrogen and oxygen atoms in total. The van der Waals surface area contributed by atoms with E-state index >= 15 is 0 Å². The lowest BCUT2D eigenvalue weighted by Gasteiger charge is -2.43. The molecule has 2 heterocycles. The Bertz CT molecular complexity index is 1510. The van der Waals surface area contributed by atoms with Crippen LogP contribution in [-0.2, 0) is 19.3 Å². The van der Waals surface area contributed by atoms with E-state index < -0.39 is 22.9 Å². The molecular weight excluding hydrogens is 588 g/mol. The molecule has 0 atom stereocenters. The predicted molar refractivity (Wildman–Crippen MR) is 151 cm³/mol. The average molecular weight is 618 g/mol. The van der Waals surface area contributed by atoms with E-state index in [1.807, 2.05) is 4.90 Å². The van der Waals surface area contributed by atoms with Crippen molar-refractivity contribution in [3.63, 3.8) is 0 Å². The maximum atomic E-state index is 14.1. The minimum absolute atomic E-state index is 0.0315. The fourth-order valence-electron chi connectivity index (χ4n) is 4.95. The van der Waals surface area contributed by atoms with Crippen molar-refractivity contribution >= 4 is 63.3 Å². The van der Waals surface area contributed by atoms with Gasteiger partial charge in [0.25, 0.3) is 10.0 Å². The average Bonchev–Trinajstić information content (AvgIpc) is 3.30. The highest BCUT2D eigenvalue weighted by atomic mass is 35.5. The van der Waals surface area contributed by atoms with Gasteiger partial charge in [-0.25, -0.2) is 12.7 Å². The first kappa shape index (κ1) is 30.0. The third-order valence-corrected chi connectivity index (χ3v) is 11.4. The Labute approximate surface area is 237 Å². The number of rotatable bonds is 9. The maximum absolute atomic E-state index is 14.1. The van der Waals surface area contributed by atoms with Crippen LogP contribution < -0.4 is 4.31 Å². The van der Waals surface area contributed by atoms with Crippen LogP contribution in [0, 0.1) is 0 Å². The largest absolute Gasteiger partial charge is 0.379 e. The standard InChI is InChI=1S/C25H30Cl2N3O7PS/c1-3-25(4-2,38(32,33)34)30(39(35,36)22-15-19(26)14-20(27)16-22)21-5-6-23-18(13-21)7-8-29(23)24(31)17-28-9-11-37-12-10-28/h5-8,13-16H,3-4,9-12,17H2,1-2H3,(H2,32,33,34). The smallest absolute Gasteiger partial charge is 0.351 e. The monoisotopic (exact) mass is 617 g/mol. The molecule has 39 heavy (non-hydrogen) atoms. The SMILES string of the molecule is CCC(CC)(N(c1ccc2c(ccn2C(=O)CN2CCOCC2)c1)S(=O)(=O)c1cc(Cl)cc(Cl)c1)P(=O)(O)O. The number of sulfonamides is 1. The van der Waals surface area contributed by atoms with Crippen molar-refractivity contribution in [3.05, 3.63) is 58.7 Å². The van der Waals surface area contributed by atoms with Gasteiger partial charge in [0.1, 0.15) is 0 Å². The van der Waals surface area contributed by atoms with Gasteiger partial charge < -0.3 is 14.5 Å². The molecule has 0 spiro atoms. The molecule has 0 saturated carbocycles. The van der Waals surface area contributed by atoms with Crippen molar-refractivity contribution < 1.29 is 32.3 Å². The number of ether oxygens (including phenoxy) is 1. The van der Waals surface area contributed by atoms with E-state index in [4.69, 9.17) is 27.9 Å². The van der Waals surface area contributed by atoms with Crippen molar-refractivity contribution in [1.82, 2.24) is 9.47 Å². The molecule has 0 unspecified atom stereocenters. The van der Waals surface area contributed by atoms with Gasteiger partial charge >= 0.3 is 7.60 Å². The summed E-state index contributed by atoms with van der Waals surface area (Å²) in [6, 6.07) is 9.92. The first-order chi connectivity index (χ1) is 18.3. The zero-order valence-corrected chi connectivity index (χ0v) is 24.7. The Morgan fingerprint density at radius 2 is 1.67 bits per heavy atom. The van der Waals surface area contributed by atoms with Crippen LogP contribution in [0.15, 0.2) is 53.6 Å². The van der Waals surface area contributed by atoms with Gasteiger partial charge in [0.05, 0.1) is 35.9 Å². The molecular formula is C25H30Cl2N3O7PS. The summed E-state index contributed by atoms with van der Waals surface area (Å²) in [5.74, 6) is -0.163. The molecule has 1 fully saturated rings. The highest BCUT2D eigenvalue weighted by Crippen LogP contribution is 2.59. The van der Waals surface area contributed by atoms with Crippen LogP contribution in [0.3, 0.4) is 0 Å². The summed E-state index contributed by atoms with van der Waals surface area (Å²) in [5, 5.41) is -1.45. The van der Waals surface area contributed by atoms with Crippen molar-refractivity contribution in [1.29, 1.82) is 0 Å². The van der Waals surface area contributed by atoms with Gasteiger partial charge in [0, 0.05) is 34.7 Å². The number of morpholine rings is 1. The summed E-state index contributed by atoms with van der Waals surface area (Å²) < 4.78 is 48.8. The Kier molecular flexibility index (Phi) is 8.85. The molecule has 2 N–H and O–H groups in total. The van der Waals surface area contributed by atoms with E-state index in [9.17, 15) is 27.6 Å². The van der Waals surface area contributed by atoms with E-state index in [1.54, 1.807) is 18.3 Å². The number of benzene rings is 2. The fourth-order valence-corrected chi connectivity index (χ4v) is 9.29. The van der Waals surface area contributed by atoms with Crippen LogP contribution in [0.1, 0.15) is 31.5 Å². The Morgan fingerprint density at radius 3 is 2.23 bits per heavy atom. The summed E-state index contributed by atoms with van der Waals surface area (Å²) in [4.78, 5) is 35.8. The molecule has 1 aromatic heterocycles. The van der Waals surface area contributed by atoms with Crippen molar-refractivity contribution in [3.8, 4) is 0 Å². The van der Waals surface area contributed by atoms with E-state index in [1.165, 1.54) is 48.7 Å². The van der Waals surface area contributed by atoms with E-state index in [-0.39, 0.29) is 45.9 Å². The molecule has 14 heteroatoms. The molecule has 1 aliphatic heterocycles. The van der Waals surface area contributed by atoms with Gasteiger partial charge in [0.15, 0.2) is 5.28 Å². The highest BCUT2D eigenvalue weighted by molar-refractivity contribution is 7.93. The second kappa shape index (κ2) is 11.5. The topological polar surface area (TPSA) is 129 Å². The molecule has 0 radical (unpaired) electrons. The molecule has 1 aliphatic rings. The molecule has 0 bridgehead atoms. The molecule has 3 aromatic rings. The normalized spacial score (nSPS) is 15.5. The van der Waals surface area contributed by atoms with Crippen LogP contribution in [0.4, 0.5) is 5.69 Å². The van der Waals surface area contributed by atoms with Crippen LogP contribution in [0.2, 0.25) is 10.0 Å². The zero-order valence-electron chi connectivity index (χ0n) is 21.5. The summed E-state index contributed by atoms with van der Waals surface area (Å²) in [6.45, 7) is 5.65. The van der Waals surface area contributed by atoms with Gasteiger partial charge in [-0.3, -0.25) is 18.8 Å². The number of nitrogens with zero attached hydrogens (tertiary/aromatic N) is 3. The molecule has 0 aliphatic carbocycles. The maximum Gasteiger partial charge on any atom is 0.351 e. The number of halogens is 2. The molecule has 1 saturated heterocycles. The molecule has 0 amide bonds. The van der Waals surface area contributed by atoms with E-state index in [0.717, 1.165) is 4.31 Å². The third kappa shape index (κ3) is 5.78. The Balaban J connectivity index is 1.85. The van der Waals surface area contributed by atoms with Crippen LogP contribution in [0.5, 0.6) is 0 Å². The Hall–Kier alpha value is -1.95. The summed E-state index contributed by atoms with van der Waals surface area (Å²) in [6.07, 6.45) is 1.24. The van der Waals surface area contributed by atoms with Crippen molar-refractivity contribution in [2.24, 2.45) is 0 Å². The van der Waals surface area contributed by atoms with Crippen LogP contribution in [0.25, 0.3) is 10.9 Å². The van der Waals surface area contributed by atoms with E-state index in [2.05, 4.69) is 0 Å². The number of carbonyl (C=O) groups excluding carboxylic acids is 1. The number of fused-ring (bicyclic) bond motifs is 1. The highest BCUT2D eigenvalue weighted by Gasteiger charge is 2.54.